The number of hydrazone groups is 1. The number of anilines is 1. The SMILES string of the molecule is COc1ccc(NC(=O)C2=NN(C3CCS(=O)(=O)C3)C(=O)CC2)cc1. The lowest BCUT2D eigenvalue weighted by molar-refractivity contribution is -0.133. The number of nitrogens with zero attached hydrogens (tertiary/aromatic N) is 2. The first-order chi connectivity index (χ1) is 11.9. The van der Waals surface area contributed by atoms with Crippen LogP contribution in [0.4, 0.5) is 5.69 Å². The number of hydrogen-bond acceptors (Lipinski definition) is 6. The van der Waals surface area contributed by atoms with Crippen LogP contribution in [-0.4, -0.2) is 55.6 Å². The van der Waals surface area contributed by atoms with Crippen LogP contribution >= 0.6 is 0 Å². The van der Waals surface area contributed by atoms with Gasteiger partial charge in [-0.2, -0.15) is 5.10 Å². The first-order valence-corrected chi connectivity index (χ1v) is 9.75. The average molecular weight is 365 g/mol. The van der Waals surface area contributed by atoms with Crippen LogP contribution in [-0.2, 0) is 19.4 Å². The van der Waals surface area contributed by atoms with E-state index in [1.165, 1.54) is 5.01 Å². The fraction of sp³-hybridized carbons (Fsp3) is 0.438. The van der Waals surface area contributed by atoms with Crippen LogP contribution in [0.1, 0.15) is 19.3 Å². The zero-order chi connectivity index (χ0) is 18.0. The number of sulfone groups is 1. The molecule has 9 heteroatoms. The molecule has 0 aliphatic carbocycles. The number of benzene rings is 1. The molecule has 2 heterocycles. The average Bonchev–Trinajstić information content (AvgIpc) is 2.95. The summed E-state index contributed by atoms with van der Waals surface area (Å²) in [4.78, 5) is 24.5. The molecule has 0 spiro atoms. The van der Waals surface area contributed by atoms with Crippen molar-refractivity contribution in [2.45, 2.75) is 25.3 Å². The van der Waals surface area contributed by atoms with Gasteiger partial charge in [-0.05, 0) is 30.7 Å². The van der Waals surface area contributed by atoms with Crippen LogP contribution in [0.5, 0.6) is 5.75 Å². The zero-order valence-corrected chi connectivity index (χ0v) is 14.6. The molecule has 1 unspecified atom stereocenters. The highest BCUT2D eigenvalue weighted by molar-refractivity contribution is 7.91. The predicted octanol–water partition coefficient (Wildman–Crippen LogP) is 0.799. The monoisotopic (exact) mass is 365 g/mol. The summed E-state index contributed by atoms with van der Waals surface area (Å²) in [6.07, 6.45) is 0.729. The maximum Gasteiger partial charge on any atom is 0.271 e. The first-order valence-electron chi connectivity index (χ1n) is 7.93. The summed E-state index contributed by atoms with van der Waals surface area (Å²) in [7, 11) is -1.58. The molecule has 0 bridgehead atoms. The van der Waals surface area contributed by atoms with Crippen LogP contribution in [0, 0.1) is 0 Å². The third kappa shape index (κ3) is 3.98. The summed E-state index contributed by atoms with van der Waals surface area (Å²) < 4.78 is 28.3. The molecular formula is C16H19N3O5S. The topological polar surface area (TPSA) is 105 Å². The van der Waals surface area contributed by atoms with Crippen molar-refractivity contribution in [2.75, 3.05) is 23.9 Å². The van der Waals surface area contributed by atoms with Gasteiger partial charge in [0.25, 0.3) is 5.91 Å². The van der Waals surface area contributed by atoms with Gasteiger partial charge in [0.2, 0.25) is 5.91 Å². The Morgan fingerprint density at radius 3 is 2.60 bits per heavy atom. The highest BCUT2D eigenvalue weighted by atomic mass is 32.2. The number of rotatable bonds is 4. The van der Waals surface area contributed by atoms with Gasteiger partial charge in [0, 0.05) is 18.5 Å². The first kappa shape index (κ1) is 17.4. The highest BCUT2D eigenvalue weighted by Gasteiger charge is 2.37. The Kier molecular flexibility index (Phi) is 4.76. The second kappa shape index (κ2) is 6.83. The van der Waals surface area contributed by atoms with E-state index in [4.69, 9.17) is 4.74 Å². The van der Waals surface area contributed by atoms with Crippen molar-refractivity contribution in [1.82, 2.24) is 5.01 Å². The maximum absolute atomic E-state index is 12.4. The van der Waals surface area contributed by atoms with Crippen molar-refractivity contribution in [3.63, 3.8) is 0 Å². The third-order valence-corrected chi connectivity index (χ3v) is 5.97. The Bertz CT molecular complexity index is 817. The van der Waals surface area contributed by atoms with E-state index < -0.39 is 21.8 Å². The summed E-state index contributed by atoms with van der Waals surface area (Å²) in [6.45, 7) is 0. The van der Waals surface area contributed by atoms with Gasteiger partial charge in [-0.1, -0.05) is 0 Å². The quantitative estimate of drug-likeness (QED) is 0.850. The molecule has 25 heavy (non-hydrogen) atoms. The molecule has 2 aliphatic rings. The predicted molar refractivity (Wildman–Crippen MR) is 92.2 cm³/mol. The van der Waals surface area contributed by atoms with E-state index in [1.54, 1.807) is 31.4 Å². The number of nitrogens with one attached hydrogen (secondary N) is 1. The van der Waals surface area contributed by atoms with Crippen LogP contribution < -0.4 is 10.1 Å². The summed E-state index contributed by atoms with van der Waals surface area (Å²) in [5, 5.41) is 8.04. The molecule has 3 rings (SSSR count). The summed E-state index contributed by atoms with van der Waals surface area (Å²) in [5.74, 6) is -0.0289. The standard InChI is InChI=1S/C16H19N3O5S/c1-24-13-4-2-11(3-5-13)17-16(21)14-6-7-15(20)19(18-14)12-8-9-25(22,23)10-12/h2-5,12H,6-10H2,1H3,(H,17,21). The third-order valence-electron chi connectivity index (χ3n) is 4.22. The van der Waals surface area contributed by atoms with Gasteiger partial charge in [-0.15, -0.1) is 0 Å². The molecule has 1 N–H and O–H groups in total. The molecule has 134 valence electrons. The van der Waals surface area contributed by atoms with Crippen LogP contribution in [0.25, 0.3) is 0 Å². The van der Waals surface area contributed by atoms with Crippen LogP contribution in [0.2, 0.25) is 0 Å². The number of carbonyl (C=O) groups excluding carboxylic acids is 2. The largest absolute Gasteiger partial charge is 0.497 e. The Morgan fingerprint density at radius 1 is 1.28 bits per heavy atom. The second-order valence-electron chi connectivity index (χ2n) is 6.02. The minimum Gasteiger partial charge on any atom is -0.497 e. The number of amides is 2. The molecule has 1 fully saturated rings. The van der Waals surface area contributed by atoms with E-state index >= 15 is 0 Å². The van der Waals surface area contributed by atoms with Gasteiger partial charge in [0.15, 0.2) is 9.84 Å². The molecule has 1 atom stereocenters. The van der Waals surface area contributed by atoms with Crippen LogP contribution in [0.3, 0.4) is 0 Å². The Hall–Kier alpha value is -2.42. The van der Waals surface area contributed by atoms with E-state index in [-0.39, 0.29) is 36.0 Å². The molecule has 2 aliphatic heterocycles. The lowest BCUT2D eigenvalue weighted by atomic mass is 10.1. The highest BCUT2D eigenvalue weighted by Crippen LogP contribution is 2.22. The smallest absolute Gasteiger partial charge is 0.271 e. The number of ether oxygens (including phenoxy) is 1. The van der Waals surface area contributed by atoms with Gasteiger partial charge >= 0.3 is 0 Å². The van der Waals surface area contributed by atoms with E-state index in [0.717, 1.165) is 0 Å². The molecule has 0 radical (unpaired) electrons. The van der Waals surface area contributed by atoms with Crippen molar-refractivity contribution in [2.24, 2.45) is 5.10 Å². The summed E-state index contributed by atoms with van der Waals surface area (Å²) in [6, 6.07) is 6.36. The summed E-state index contributed by atoms with van der Waals surface area (Å²) in [5.41, 5.74) is 0.806. The van der Waals surface area contributed by atoms with Gasteiger partial charge < -0.3 is 10.1 Å². The minimum absolute atomic E-state index is 0.0460. The fourth-order valence-electron chi connectivity index (χ4n) is 2.87. The van der Waals surface area contributed by atoms with Gasteiger partial charge in [-0.25, -0.2) is 13.4 Å². The van der Waals surface area contributed by atoms with Crippen LogP contribution in [0.15, 0.2) is 29.4 Å². The summed E-state index contributed by atoms with van der Waals surface area (Å²) >= 11 is 0. The van der Waals surface area contributed by atoms with Crippen molar-refractivity contribution in [3.05, 3.63) is 24.3 Å². The van der Waals surface area contributed by atoms with Gasteiger partial charge in [0.1, 0.15) is 11.5 Å². The maximum atomic E-state index is 12.4. The van der Waals surface area contributed by atoms with Crippen molar-refractivity contribution in [1.29, 1.82) is 0 Å². The fourth-order valence-corrected chi connectivity index (χ4v) is 4.56. The number of carbonyl (C=O) groups is 2. The lowest BCUT2D eigenvalue weighted by Gasteiger charge is -2.27. The molecular weight excluding hydrogens is 346 g/mol. The van der Waals surface area contributed by atoms with E-state index in [2.05, 4.69) is 10.4 Å². The molecule has 1 saturated heterocycles. The van der Waals surface area contributed by atoms with E-state index in [1.807, 2.05) is 0 Å². The molecule has 0 saturated carbocycles. The number of hydrogen-bond donors (Lipinski definition) is 1. The van der Waals surface area contributed by atoms with Crippen molar-refractivity contribution in [3.8, 4) is 5.75 Å². The van der Waals surface area contributed by atoms with E-state index in [9.17, 15) is 18.0 Å². The molecule has 8 nitrogen and oxygen atoms in total. The molecule has 1 aromatic carbocycles. The van der Waals surface area contributed by atoms with Gasteiger partial charge in [-0.3, -0.25) is 9.59 Å². The Morgan fingerprint density at radius 2 is 2.00 bits per heavy atom. The van der Waals surface area contributed by atoms with Crippen molar-refractivity contribution >= 4 is 33.1 Å². The number of methoxy groups -OCH3 is 1. The normalized spacial score (nSPS) is 22.4. The Labute approximate surface area is 145 Å². The minimum atomic E-state index is -3.14. The molecule has 0 aromatic heterocycles. The Balaban J connectivity index is 1.72. The second-order valence-corrected chi connectivity index (χ2v) is 8.25. The van der Waals surface area contributed by atoms with Crippen molar-refractivity contribution < 1.29 is 22.7 Å². The molecule has 2 amide bonds. The van der Waals surface area contributed by atoms with E-state index in [0.29, 0.717) is 17.9 Å². The zero-order valence-electron chi connectivity index (χ0n) is 13.8. The lowest BCUT2D eigenvalue weighted by Crippen LogP contribution is -2.42. The van der Waals surface area contributed by atoms with Gasteiger partial charge in [0.05, 0.1) is 24.7 Å². The molecule has 1 aromatic rings.